The zero-order valence-corrected chi connectivity index (χ0v) is 12.1. The molecule has 0 heterocycles. The van der Waals surface area contributed by atoms with E-state index in [1.54, 1.807) is 43.3 Å². The van der Waals surface area contributed by atoms with Gasteiger partial charge in [0.1, 0.15) is 11.0 Å². The van der Waals surface area contributed by atoms with Crippen LogP contribution in [0.4, 0.5) is 5.69 Å². The minimum Gasteiger partial charge on any atom is -0.426 e. The first-order valence-corrected chi connectivity index (χ1v) is 7.12. The van der Waals surface area contributed by atoms with E-state index < -0.39 is 10.2 Å². The summed E-state index contributed by atoms with van der Waals surface area (Å²) in [7, 11) is 0. The molecule has 0 fully saturated rings. The van der Waals surface area contributed by atoms with Crippen LogP contribution in [0.1, 0.15) is 6.92 Å². The van der Waals surface area contributed by atoms with Crippen molar-refractivity contribution in [1.29, 1.82) is 0 Å². The van der Waals surface area contributed by atoms with Crippen LogP contribution >= 0.6 is 11.8 Å². The fourth-order valence-electron chi connectivity index (χ4n) is 1.59. The molecule has 0 bridgehead atoms. The summed E-state index contributed by atoms with van der Waals surface area (Å²) in [5, 5.41) is 10.2. The van der Waals surface area contributed by atoms with Crippen LogP contribution in [0, 0.1) is 10.1 Å². The largest absolute Gasteiger partial charge is 0.426 e. The molecule has 0 amide bonds. The highest BCUT2D eigenvalue weighted by Gasteiger charge is 2.17. The maximum Gasteiger partial charge on any atom is 0.324 e. The lowest BCUT2D eigenvalue weighted by atomic mass is 10.3. The van der Waals surface area contributed by atoms with Gasteiger partial charge in [0.25, 0.3) is 5.69 Å². The third-order valence-corrected chi connectivity index (χ3v) is 3.74. The fourth-order valence-corrected chi connectivity index (χ4v) is 2.43. The minimum atomic E-state index is -0.457. The molecule has 0 radical (unpaired) electrons. The van der Waals surface area contributed by atoms with E-state index in [0.717, 1.165) is 4.90 Å². The second kappa shape index (κ2) is 6.90. The fraction of sp³-hybridized carbons (Fsp3) is 0.133. The molecule has 2 aromatic carbocycles. The molecule has 6 heteroatoms. The Kier molecular flexibility index (Phi) is 4.94. The third kappa shape index (κ3) is 4.32. The summed E-state index contributed by atoms with van der Waals surface area (Å²) in [6, 6.07) is 14.9. The van der Waals surface area contributed by atoms with Gasteiger partial charge in [0.2, 0.25) is 0 Å². The Hall–Kier alpha value is -2.34. The van der Waals surface area contributed by atoms with Crippen molar-refractivity contribution in [3.8, 4) is 5.75 Å². The Morgan fingerprint density at radius 2 is 1.76 bits per heavy atom. The first kappa shape index (κ1) is 15.1. The molecule has 0 spiro atoms. The highest BCUT2D eigenvalue weighted by atomic mass is 32.2. The SMILES string of the molecule is C[C@H](Sc1ccc([N+](=O)[O-])cc1)C(=O)Oc1ccccc1. The second-order valence-corrected chi connectivity index (χ2v) is 5.66. The van der Waals surface area contributed by atoms with E-state index in [-0.39, 0.29) is 11.7 Å². The molecule has 21 heavy (non-hydrogen) atoms. The molecule has 0 N–H and O–H groups in total. The van der Waals surface area contributed by atoms with E-state index in [2.05, 4.69) is 0 Å². The highest BCUT2D eigenvalue weighted by molar-refractivity contribution is 8.00. The normalized spacial score (nSPS) is 11.7. The summed E-state index contributed by atoms with van der Waals surface area (Å²) in [5.74, 6) is 0.142. The van der Waals surface area contributed by atoms with E-state index in [1.165, 1.54) is 23.9 Å². The molecular weight excluding hydrogens is 290 g/mol. The zero-order valence-electron chi connectivity index (χ0n) is 11.3. The molecular formula is C15H13NO4S. The molecule has 0 aromatic heterocycles. The van der Waals surface area contributed by atoms with Gasteiger partial charge in [-0.15, -0.1) is 11.8 Å². The van der Waals surface area contributed by atoms with Crippen LogP contribution in [0.5, 0.6) is 5.75 Å². The highest BCUT2D eigenvalue weighted by Crippen LogP contribution is 2.26. The van der Waals surface area contributed by atoms with Crippen molar-refractivity contribution in [1.82, 2.24) is 0 Å². The Morgan fingerprint density at radius 3 is 2.33 bits per heavy atom. The van der Waals surface area contributed by atoms with Crippen LogP contribution in [-0.2, 0) is 4.79 Å². The molecule has 5 nitrogen and oxygen atoms in total. The number of nitro groups is 1. The van der Waals surface area contributed by atoms with Crippen molar-refractivity contribution in [2.45, 2.75) is 17.1 Å². The van der Waals surface area contributed by atoms with Crippen LogP contribution in [0.15, 0.2) is 59.5 Å². The van der Waals surface area contributed by atoms with Crippen LogP contribution in [-0.4, -0.2) is 16.1 Å². The van der Waals surface area contributed by atoms with Crippen molar-refractivity contribution >= 4 is 23.4 Å². The lowest BCUT2D eigenvalue weighted by Crippen LogP contribution is -2.19. The standard InChI is InChI=1S/C15H13NO4S/c1-11(15(17)20-13-5-3-2-4-6-13)21-14-9-7-12(8-10-14)16(18)19/h2-11H,1H3/t11-/m0/s1. The van der Waals surface area contributed by atoms with Crippen LogP contribution < -0.4 is 4.74 Å². The Morgan fingerprint density at radius 1 is 1.14 bits per heavy atom. The predicted octanol–water partition coefficient (Wildman–Crippen LogP) is 3.68. The van der Waals surface area contributed by atoms with Gasteiger partial charge < -0.3 is 4.74 Å². The number of rotatable bonds is 5. The van der Waals surface area contributed by atoms with Gasteiger partial charge in [-0.05, 0) is 31.2 Å². The number of ether oxygens (including phenoxy) is 1. The average Bonchev–Trinajstić information content (AvgIpc) is 2.48. The maximum atomic E-state index is 11.9. The topological polar surface area (TPSA) is 69.4 Å². The van der Waals surface area contributed by atoms with Crippen molar-refractivity contribution in [3.63, 3.8) is 0 Å². The smallest absolute Gasteiger partial charge is 0.324 e. The quantitative estimate of drug-likeness (QED) is 0.277. The van der Waals surface area contributed by atoms with Gasteiger partial charge in [-0.2, -0.15) is 0 Å². The van der Waals surface area contributed by atoms with Gasteiger partial charge in [0.05, 0.1) is 4.92 Å². The third-order valence-electron chi connectivity index (χ3n) is 2.65. The lowest BCUT2D eigenvalue weighted by Gasteiger charge is -2.10. The van der Waals surface area contributed by atoms with Gasteiger partial charge in [-0.1, -0.05) is 18.2 Å². The molecule has 0 aliphatic rings. The number of nitro benzene ring substituents is 1. The summed E-state index contributed by atoms with van der Waals surface area (Å²) < 4.78 is 5.24. The number of benzene rings is 2. The molecule has 0 unspecified atom stereocenters. The number of esters is 1. The Bertz CT molecular complexity index is 628. The summed E-state index contributed by atoms with van der Waals surface area (Å²) in [6.07, 6.45) is 0. The number of hydrogen-bond acceptors (Lipinski definition) is 5. The summed E-state index contributed by atoms with van der Waals surface area (Å²) >= 11 is 1.29. The predicted molar refractivity (Wildman–Crippen MR) is 80.5 cm³/mol. The van der Waals surface area contributed by atoms with Gasteiger partial charge >= 0.3 is 5.97 Å². The minimum absolute atomic E-state index is 0.0267. The van der Waals surface area contributed by atoms with Crippen molar-refractivity contribution in [2.24, 2.45) is 0 Å². The molecule has 0 aliphatic carbocycles. The number of thioether (sulfide) groups is 1. The van der Waals surface area contributed by atoms with Gasteiger partial charge in [-0.25, -0.2) is 0 Å². The summed E-state index contributed by atoms with van der Waals surface area (Å²) in [6.45, 7) is 1.73. The van der Waals surface area contributed by atoms with Gasteiger partial charge in [0, 0.05) is 17.0 Å². The monoisotopic (exact) mass is 303 g/mol. The molecule has 2 rings (SSSR count). The number of hydrogen-bond donors (Lipinski definition) is 0. The summed E-state index contributed by atoms with van der Waals surface area (Å²) in [4.78, 5) is 22.8. The van der Waals surface area contributed by atoms with Crippen LogP contribution in [0.25, 0.3) is 0 Å². The summed E-state index contributed by atoms with van der Waals surface area (Å²) in [5.41, 5.74) is 0.0267. The number of non-ortho nitro benzene ring substituents is 1. The van der Waals surface area contributed by atoms with E-state index in [9.17, 15) is 14.9 Å². The van der Waals surface area contributed by atoms with E-state index in [1.807, 2.05) is 6.07 Å². The van der Waals surface area contributed by atoms with Crippen molar-refractivity contribution < 1.29 is 14.5 Å². The molecule has 0 saturated heterocycles. The lowest BCUT2D eigenvalue weighted by molar-refractivity contribution is -0.384. The van der Waals surface area contributed by atoms with Gasteiger partial charge in [0.15, 0.2) is 0 Å². The molecule has 2 aromatic rings. The molecule has 1 atom stereocenters. The number of nitrogens with zero attached hydrogens (tertiary/aromatic N) is 1. The van der Waals surface area contributed by atoms with Crippen LogP contribution in [0.3, 0.4) is 0 Å². The van der Waals surface area contributed by atoms with E-state index >= 15 is 0 Å². The molecule has 0 saturated carbocycles. The number of carbonyl (C=O) groups is 1. The molecule has 0 aliphatic heterocycles. The zero-order chi connectivity index (χ0) is 15.2. The van der Waals surface area contributed by atoms with Crippen molar-refractivity contribution in [2.75, 3.05) is 0 Å². The average molecular weight is 303 g/mol. The van der Waals surface area contributed by atoms with E-state index in [0.29, 0.717) is 5.75 Å². The first-order chi connectivity index (χ1) is 10.1. The first-order valence-electron chi connectivity index (χ1n) is 6.24. The number of carbonyl (C=O) groups excluding carboxylic acids is 1. The Balaban J connectivity index is 1.95. The van der Waals surface area contributed by atoms with Crippen LogP contribution in [0.2, 0.25) is 0 Å². The number of para-hydroxylation sites is 1. The van der Waals surface area contributed by atoms with E-state index in [4.69, 9.17) is 4.74 Å². The molecule has 108 valence electrons. The Labute approximate surface area is 126 Å². The second-order valence-electron chi connectivity index (χ2n) is 4.25. The van der Waals surface area contributed by atoms with Gasteiger partial charge in [-0.3, -0.25) is 14.9 Å². The van der Waals surface area contributed by atoms with Crippen molar-refractivity contribution in [3.05, 3.63) is 64.7 Å². The maximum absolute atomic E-state index is 11.9.